The van der Waals surface area contributed by atoms with Crippen molar-refractivity contribution in [1.82, 2.24) is 5.32 Å². The van der Waals surface area contributed by atoms with Crippen LogP contribution in [0.3, 0.4) is 0 Å². The van der Waals surface area contributed by atoms with Gasteiger partial charge in [0.25, 0.3) is 10.0 Å². The summed E-state index contributed by atoms with van der Waals surface area (Å²) < 4.78 is 44.9. The van der Waals surface area contributed by atoms with E-state index in [2.05, 4.69) is 5.32 Å². The average molecular weight is 511 g/mol. The molecule has 1 unspecified atom stereocenters. The van der Waals surface area contributed by atoms with Gasteiger partial charge in [-0.3, -0.25) is 9.10 Å². The minimum atomic E-state index is -4.03. The molecule has 1 heterocycles. The van der Waals surface area contributed by atoms with Crippen molar-refractivity contribution in [3.8, 4) is 17.2 Å². The van der Waals surface area contributed by atoms with Crippen LogP contribution in [0.4, 0.5) is 5.69 Å². The lowest BCUT2D eigenvalue weighted by molar-refractivity contribution is -0.120. The van der Waals surface area contributed by atoms with Gasteiger partial charge in [-0.05, 0) is 62.4 Å². The second-order valence-electron chi connectivity index (χ2n) is 9.11. The summed E-state index contributed by atoms with van der Waals surface area (Å²) in [5, 5.41) is 3.02. The van der Waals surface area contributed by atoms with Crippen molar-refractivity contribution in [3.63, 3.8) is 0 Å². The molecule has 1 amide bonds. The van der Waals surface area contributed by atoms with Crippen molar-refractivity contribution in [2.75, 3.05) is 25.1 Å². The highest BCUT2D eigenvalue weighted by atomic mass is 32.2. The van der Waals surface area contributed by atoms with Crippen LogP contribution in [0.2, 0.25) is 0 Å². The quantitative estimate of drug-likeness (QED) is 0.485. The first-order valence-electron chi connectivity index (χ1n) is 11.5. The number of carbonyl (C=O) groups excluding carboxylic acids is 1. The van der Waals surface area contributed by atoms with Gasteiger partial charge in [0.1, 0.15) is 29.4 Å². The molecule has 0 bridgehead atoms. The molecule has 9 heteroatoms. The first kappa shape index (κ1) is 25.4. The maximum absolute atomic E-state index is 13.6. The summed E-state index contributed by atoms with van der Waals surface area (Å²) in [6.07, 6.45) is 0.522. The highest BCUT2D eigenvalue weighted by Crippen LogP contribution is 2.41. The number of anilines is 1. The fourth-order valence-corrected chi connectivity index (χ4v) is 5.66. The zero-order valence-corrected chi connectivity index (χ0v) is 21.5. The van der Waals surface area contributed by atoms with Crippen molar-refractivity contribution < 1.29 is 27.4 Å². The van der Waals surface area contributed by atoms with E-state index in [0.29, 0.717) is 29.4 Å². The molecule has 0 saturated carbocycles. The minimum absolute atomic E-state index is 0.0598. The Bertz CT molecular complexity index is 1320. The minimum Gasteiger partial charge on any atom is -0.497 e. The number of hydrogen-bond acceptors (Lipinski definition) is 6. The number of nitrogens with zero attached hydrogens (tertiary/aromatic N) is 1. The SMILES string of the molecule is COc1ccc(S(=O)(=O)N(CC(=O)NC2CC(C)(C)Oc3cc(OC)ccc32)c2ccccc2)cc1. The maximum atomic E-state index is 13.6. The van der Waals surface area contributed by atoms with E-state index >= 15 is 0 Å². The Morgan fingerprint density at radius 3 is 2.28 bits per heavy atom. The third kappa shape index (κ3) is 5.41. The Morgan fingerprint density at radius 1 is 1.00 bits per heavy atom. The Kier molecular flexibility index (Phi) is 7.12. The van der Waals surface area contributed by atoms with Crippen molar-refractivity contribution >= 4 is 21.6 Å². The largest absolute Gasteiger partial charge is 0.497 e. The van der Waals surface area contributed by atoms with Gasteiger partial charge in [-0.1, -0.05) is 18.2 Å². The second kappa shape index (κ2) is 10.1. The Hall–Kier alpha value is -3.72. The van der Waals surface area contributed by atoms with Gasteiger partial charge in [-0.15, -0.1) is 0 Å². The summed E-state index contributed by atoms with van der Waals surface area (Å²) in [6.45, 7) is 3.50. The molecule has 1 aliphatic heterocycles. The van der Waals surface area contributed by atoms with Crippen molar-refractivity contribution in [2.24, 2.45) is 0 Å². The molecule has 1 atom stereocenters. The molecule has 0 spiro atoms. The molecule has 8 nitrogen and oxygen atoms in total. The average Bonchev–Trinajstić information content (AvgIpc) is 2.86. The van der Waals surface area contributed by atoms with Gasteiger partial charge in [0, 0.05) is 18.1 Å². The molecule has 0 fully saturated rings. The van der Waals surface area contributed by atoms with E-state index in [4.69, 9.17) is 14.2 Å². The number of methoxy groups -OCH3 is 2. The standard InChI is InChI=1S/C27H30N2O6S/c1-27(2)17-24(23-15-12-21(34-4)16-25(23)35-27)28-26(30)18-29(19-8-6-5-7-9-19)36(31,32)22-13-10-20(33-3)11-14-22/h5-16,24H,17-18H2,1-4H3,(H,28,30). The molecule has 1 aliphatic rings. The van der Waals surface area contributed by atoms with Gasteiger partial charge >= 0.3 is 0 Å². The molecule has 190 valence electrons. The number of para-hydroxylation sites is 1. The molecule has 0 aliphatic carbocycles. The zero-order valence-electron chi connectivity index (χ0n) is 20.7. The molecule has 0 aromatic heterocycles. The van der Waals surface area contributed by atoms with E-state index in [9.17, 15) is 13.2 Å². The van der Waals surface area contributed by atoms with Crippen LogP contribution in [0.1, 0.15) is 31.9 Å². The number of sulfonamides is 1. The molecule has 36 heavy (non-hydrogen) atoms. The topological polar surface area (TPSA) is 94.2 Å². The summed E-state index contributed by atoms with van der Waals surface area (Å²) in [4.78, 5) is 13.4. The number of ether oxygens (including phenoxy) is 3. The van der Waals surface area contributed by atoms with E-state index in [1.807, 2.05) is 26.0 Å². The monoisotopic (exact) mass is 510 g/mol. The van der Waals surface area contributed by atoms with Gasteiger partial charge in [0.2, 0.25) is 5.91 Å². The van der Waals surface area contributed by atoms with Gasteiger partial charge < -0.3 is 19.5 Å². The lowest BCUT2D eigenvalue weighted by atomic mass is 9.89. The van der Waals surface area contributed by atoms with Crippen molar-refractivity contribution in [2.45, 2.75) is 36.8 Å². The molecule has 4 rings (SSSR count). The molecular weight excluding hydrogens is 480 g/mol. The number of amides is 1. The summed E-state index contributed by atoms with van der Waals surface area (Å²) in [7, 11) is -0.942. The number of benzene rings is 3. The predicted octanol–water partition coefficient (Wildman–Crippen LogP) is 4.32. The molecule has 1 N–H and O–H groups in total. The van der Waals surface area contributed by atoms with E-state index in [1.54, 1.807) is 55.6 Å². The van der Waals surface area contributed by atoms with Gasteiger partial charge in [0.15, 0.2) is 0 Å². The number of rotatable bonds is 8. The summed E-state index contributed by atoms with van der Waals surface area (Å²) >= 11 is 0. The number of nitrogens with one attached hydrogen (secondary N) is 1. The van der Waals surface area contributed by atoms with Crippen molar-refractivity contribution in [1.29, 1.82) is 0 Å². The highest BCUT2D eigenvalue weighted by molar-refractivity contribution is 7.92. The Morgan fingerprint density at radius 2 is 1.64 bits per heavy atom. The number of carbonyl (C=O) groups is 1. The summed E-state index contributed by atoms with van der Waals surface area (Å²) in [5.41, 5.74) is 0.666. The van der Waals surface area contributed by atoms with Crippen LogP contribution in [-0.2, 0) is 14.8 Å². The fourth-order valence-electron chi connectivity index (χ4n) is 4.24. The normalized spacial score (nSPS) is 16.3. The van der Waals surface area contributed by atoms with Crippen LogP contribution >= 0.6 is 0 Å². The van der Waals surface area contributed by atoms with Crippen LogP contribution in [0.15, 0.2) is 77.7 Å². The summed E-state index contributed by atoms with van der Waals surface area (Å²) in [6, 6.07) is 19.8. The van der Waals surface area contributed by atoms with Crippen LogP contribution in [0.25, 0.3) is 0 Å². The van der Waals surface area contributed by atoms with Crippen LogP contribution < -0.4 is 23.8 Å². The fraction of sp³-hybridized carbons (Fsp3) is 0.296. The van der Waals surface area contributed by atoms with Gasteiger partial charge in [0.05, 0.1) is 30.8 Å². The highest BCUT2D eigenvalue weighted by Gasteiger charge is 2.36. The number of hydrogen-bond donors (Lipinski definition) is 1. The summed E-state index contributed by atoms with van der Waals surface area (Å²) in [5.74, 6) is 1.38. The lowest BCUT2D eigenvalue weighted by Gasteiger charge is -2.38. The zero-order chi connectivity index (χ0) is 25.9. The van der Waals surface area contributed by atoms with E-state index in [1.165, 1.54) is 19.2 Å². The molecule has 3 aromatic carbocycles. The molecular formula is C27H30N2O6S. The first-order valence-corrected chi connectivity index (χ1v) is 12.9. The van der Waals surface area contributed by atoms with Crippen LogP contribution in [-0.4, -0.2) is 40.7 Å². The first-order chi connectivity index (χ1) is 17.1. The Labute approximate surface area is 211 Å². The smallest absolute Gasteiger partial charge is 0.264 e. The third-order valence-electron chi connectivity index (χ3n) is 5.99. The van der Waals surface area contributed by atoms with Gasteiger partial charge in [-0.25, -0.2) is 8.42 Å². The number of fused-ring (bicyclic) bond motifs is 1. The second-order valence-corrected chi connectivity index (χ2v) is 11.0. The van der Waals surface area contributed by atoms with E-state index < -0.39 is 21.5 Å². The molecule has 0 saturated heterocycles. The Balaban J connectivity index is 1.62. The lowest BCUT2D eigenvalue weighted by Crippen LogP contribution is -2.45. The van der Waals surface area contributed by atoms with Crippen LogP contribution in [0, 0.1) is 0 Å². The maximum Gasteiger partial charge on any atom is 0.264 e. The predicted molar refractivity (Wildman–Crippen MR) is 137 cm³/mol. The van der Waals surface area contributed by atoms with E-state index in [-0.39, 0.29) is 17.5 Å². The van der Waals surface area contributed by atoms with Gasteiger partial charge in [-0.2, -0.15) is 0 Å². The van der Waals surface area contributed by atoms with Crippen LogP contribution in [0.5, 0.6) is 17.2 Å². The molecule has 3 aromatic rings. The van der Waals surface area contributed by atoms with Crippen molar-refractivity contribution in [3.05, 3.63) is 78.4 Å². The molecule has 0 radical (unpaired) electrons. The third-order valence-corrected chi connectivity index (χ3v) is 7.78. The van der Waals surface area contributed by atoms with E-state index in [0.717, 1.165) is 9.87 Å².